The molecule has 1 aromatic heterocycles. The molecule has 5 rings (SSSR count). The fourth-order valence-corrected chi connectivity index (χ4v) is 4.67. The number of anilines is 3. The Morgan fingerprint density at radius 3 is 2.53 bits per heavy atom. The molecule has 0 aliphatic carbocycles. The lowest BCUT2D eigenvalue weighted by Gasteiger charge is -2.32. The molecule has 2 aliphatic heterocycles. The third-order valence-corrected chi connectivity index (χ3v) is 6.59. The monoisotopic (exact) mass is 457 g/mol. The largest absolute Gasteiger partial charge is 0.378 e. The maximum absolute atomic E-state index is 13.0. The number of carbonyl (C=O) groups excluding carboxylic acids is 1. The van der Waals surface area contributed by atoms with Crippen molar-refractivity contribution in [3.8, 4) is 11.3 Å². The predicted octanol–water partition coefficient (Wildman–Crippen LogP) is 4.14. The van der Waals surface area contributed by atoms with E-state index in [1.54, 1.807) is 0 Å². The van der Waals surface area contributed by atoms with Crippen LogP contribution in [0, 0.1) is 12.8 Å². The molecular formula is C27H31N5O2. The number of amides is 1. The Balaban J connectivity index is 1.19. The van der Waals surface area contributed by atoms with Gasteiger partial charge in [-0.1, -0.05) is 23.8 Å². The summed E-state index contributed by atoms with van der Waals surface area (Å²) in [7, 11) is 0. The minimum Gasteiger partial charge on any atom is -0.378 e. The van der Waals surface area contributed by atoms with Crippen molar-refractivity contribution in [2.24, 2.45) is 5.92 Å². The first-order valence-corrected chi connectivity index (χ1v) is 12.0. The van der Waals surface area contributed by atoms with Crippen molar-refractivity contribution in [2.75, 3.05) is 54.5 Å². The SMILES string of the molecule is Cc1cccc(-c2ccc(N3CCCC(C(=O)Nc4ccc(N5CCOCC5)cc4)C3)nn2)c1. The number of piperidine rings is 1. The van der Waals surface area contributed by atoms with Gasteiger partial charge in [0.25, 0.3) is 0 Å². The van der Waals surface area contributed by atoms with Gasteiger partial charge in [0.05, 0.1) is 24.8 Å². The van der Waals surface area contributed by atoms with Gasteiger partial charge in [-0.15, -0.1) is 10.2 Å². The van der Waals surface area contributed by atoms with E-state index in [2.05, 4.69) is 56.5 Å². The highest BCUT2D eigenvalue weighted by molar-refractivity contribution is 5.93. The lowest BCUT2D eigenvalue weighted by molar-refractivity contribution is -0.120. The number of nitrogens with zero attached hydrogens (tertiary/aromatic N) is 4. The van der Waals surface area contributed by atoms with Crippen LogP contribution >= 0.6 is 0 Å². The zero-order valence-electron chi connectivity index (χ0n) is 19.6. The van der Waals surface area contributed by atoms with Gasteiger partial charge in [-0.05, 0) is 62.2 Å². The molecule has 0 bridgehead atoms. The molecule has 1 amide bonds. The number of aromatic nitrogens is 2. The molecule has 0 spiro atoms. The quantitative estimate of drug-likeness (QED) is 0.621. The first kappa shape index (κ1) is 22.3. The number of hydrogen-bond acceptors (Lipinski definition) is 6. The number of rotatable bonds is 5. The first-order valence-electron chi connectivity index (χ1n) is 12.0. The molecule has 2 saturated heterocycles. The van der Waals surface area contributed by atoms with Crippen LogP contribution in [0.1, 0.15) is 18.4 Å². The average molecular weight is 458 g/mol. The Bertz CT molecular complexity index is 1110. The summed E-state index contributed by atoms with van der Waals surface area (Å²) in [6, 6.07) is 20.4. The average Bonchev–Trinajstić information content (AvgIpc) is 2.90. The predicted molar refractivity (Wildman–Crippen MR) is 135 cm³/mol. The van der Waals surface area contributed by atoms with E-state index < -0.39 is 0 Å². The van der Waals surface area contributed by atoms with Gasteiger partial charge in [0.15, 0.2) is 5.82 Å². The summed E-state index contributed by atoms with van der Waals surface area (Å²) in [5.41, 5.74) is 5.12. The third-order valence-electron chi connectivity index (χ3n) is 6.59. The van der Waals surface area contributed by atoms with Crippen LogP contribution in [0.5, 0.6) is 0 Å². The van der Waals surface area contributed by atoms with E-state index in [0.29, 0.717) is 6.54 Å². The van der Waals surface area contributed by atoms with Crippen molar-refractivity contribution >= 4 is 23.1 Å². The number of ether oxygens (including phenoxy) is 1. The maximum atomic E-state index is 13.0. The maximum Gasteiger partial charge on any atom is 0.229 e. The molecule has 0 radical (unpaired) electrons. The van der Waals surface area contributed by atoms with Gasteiger partial charge in [0.1, 0.15) is 0 Å². The number of nitrogens with one attached hydrogen (secondary N) is 1. The Hall–Kier alpha value is -3.45. The molecule has 3 aromatic rings. The second-order valence-electron chi connectivity index (χ2n) is 9.07. The Morgan fingerprint density at radius 2 is 1.79 bits per heavy atom. The number of benzene rings is 2. The second kappa shape index (κ2) is 10.2. The molecular weight excluding hydrogens is 426 g/mol. The van der Waals surface area contributed by atoms with E-state index in [-0.39, 0.29) is 11.8 Å². The minimum absolute atomic E-state index is 0.0631. The fraction of sp³-hybridized carbons (Fsp3) is 0.370. The van der Waals surface area contributed by atoms with E-state index in [9.17, 15) is 4.79 Å². The first-order chi connectivity index (χ1) is 16.7. The summed E-state index contributed by atoms with van der Waals surface area (Å²) >= 11 is 0. The van der Waals surface area contributed by atoms with Crippen molar-refractivity contribution in [3.63, 3.8) is 0 Å². The molecule has 2 aliphatic rings. The molecule has 2 fully saturated rings. The molecule has 2 aromatic carbocycles. The Morgan fingerprint density at radius 1 is 0.971 bits per heavy atom. The summed E-state index contributed by atoms with van der Waals surface area (Å²) in [4.78, 5) is 17.5. The Kier molecular flexibility index (Phi) is 6.72. The van der Waals surface area contributed by atoms with E-state index in [4.69, 9.17) is 4.74 Å². The molecule has 34 heavy (non-hydrogen) atoms. The molecule has 7 nitrogen and oxygen atoms in total. The summed E-state index contributed by atoms with van der Waals surface area (Å²) in [5.74, 6) is 0.808. The van der Waals surface area contributed by atoms with Crippen molar-refractivity contribution < 1.29 is 9.53 Å². The highest BCUT2D eigenvalue weighted by atomic mass is 16.5. The van der Waals surface area contributed by atoms with Crippen LogP contribution in [0.4, 0.5) is 17.2 Å². The van der Waals surface area contributed by atoms with Crippen LogP contribution in [0.25, 0.3) is 11.3 Å². The van der Waals surface area contributed by atoms with Crippen LogP contribution in [-0.4, -0.2) is 55.5 Å². The number of morpholine rings is 1. The molecule has 3 heterocycles. The molecule has 1 unspecified atom stereocenters. The van der Waals surface area contributed by atoms with Gasteiger partial charge in [0, 0.05) is 43.1 Å². The van der Waals surface area contributed by atoms with Crippen molar-refractivity contribution in [1.29, 1.82) is 0 Å². The van der Waals surface area contributed by atoms with E-state index >= 15 is 0 Å². The Labute approximate surface area is 200 Å². The molecule has 1 atom stereocenters. The number of hydrogen-bond donors (Lipinski definition) is 1. The summed E-state index contributed by atoms with van der Waals surface area (Å²) in [6.45, 7) is 6.93. The van der Waals surface area contributed by atoms with Crippen molar-refractivity contribution in [3.05, 3.63) is 66.2 Å². The summed E-state index contributed by atoms with van der Waals surface area (Å²) in [5, 5.41) is 12.0. The van der Waals surface area contributed by atoms with E-state index in [0.717, 1.165) is 74.1 Å². The standard InChI is InChI=1S/C27H31N5O2/c1-20-4-2-5-21(18-20)25-11-12-26(30-29-25)32-13-3-6-22(19-32)27(33)28-23-7-9-24(10-8-23)31-14-16-34-17-15-31/h2,4-5,7-12,18,22H,3,6,13-17,19H2,1H3,(H,28,33). The zero-order chi connectivity index (χ0) is 23.3. The van der Waals surface area contributed by atoms with Crippen LogP contribution < -0.4 is 15.1 Å². The van der Waals surface area contributed by atoms with Gasteiger partial charge in [-0.25, -0.2) is 0 Å². The van der Waals surface area contributed by atoms with Gasteiger partial charge in [-0.3, -0.25) is 4.79 Å². The normalized spacial score (nSPS) is 18.6. The molecule has 7 heteroatoms. The van der Waals surface area contributed by atoms with Crippen molar-refractivity contribution in [1.82, 2.24) is 10.2 Å². The highest BCUT2D eigenvalue weighted by Crippen LogP contribution is 2.25. The van der Waals surface area contributed by atoms with Crippen LogP contribution in [0.2, 0.25) is 0 Å². The molecule has 1 N–H and O–H groups in total. The van der Waals surface area contributed by atoms with Gasteiger partial charge >= 0.3 is 0 Å². The smallest absolute Gasteiger partial charge is 0.229 e. The van der Waals surface area contributed by atoms with E-state index in [1.165, 1.54) is 5.56 Å². The lowest BCUT2D eigenvalue weighted by atomic mass is 9.97. The van der Waals surface area contributed by atoms with Crippen LogP contribution in [-0.2, 0) is 9.53 Å². The third kappa shape index (κ3) is 5.20. The van der Waals surface area contributed by atoms with Gasteiger partial charge in [-0.2, -0.15) is 0 Å². The van der Waals surface area contributed by atoms with Crippen molar-refractivity contribution in [2.45, 2.75) is 19.8 Å². The van der Waals surface area contributed by atoms with Crippen LogP contribution in [0.3, 0.4) is 0 Å². The topological polar surface area (TPSA) is 70.6 Å². The molecule has 0 saturated carbocycles. The summed E-state index contributed by atoms with van der Waals surface area (Å²) in [6.07, 6.45) is 1.83. The van der Waals surface area contributed by atoms with Crippen LogP contribution in [0.15, 0.2) is 60.7 Å². The van der Waals surface area contributed by atoms with E-state index in [1.807, 2.05) is 36.4 Å². The number of aryl methyl sites for hydroxylation is 1. The summed E-state index contributed by atoms with van der Waals surface area (Å²) < 4.78 is 5.42. The lowest BCUT2D eigenvalue weighted by Crippen LogP contribution is -2.41. The van der Waals surface area contributed by atoms with Gasteiger partial charge in [0.2, 0.25) is 5.91 Å². The second-order valence-corrected chi connectivity index (χ2v) is 9.07. The minimum atomic E-state index is -0.0779. The number of carbonyl (C=O) groups is 1. The zero-order valence-corrected chi connectivity index (χ0v) is 19.6. The van der Waals surface area contributed by atoms with Gasteiger partial charge < -0.3 is 19.9 Å². The molecule has 176 valence electrons. The highest BCUT2D eigenvalue weighted by Gasteiger charge is 2.27. The fourth-order valence-electron chi connectivity index (χ4n) is 4.67.